The molecule has 292 valence electrons. The van der Waals surface area contributed by atoms with E-state index >= 15 is 0 Å². The second-order valence-electron chi connectivity index (χ2n) is 17.0. The van der Waals surface area contributed by atoms with Crippen LogP contribution in [0.2, 0.25) is 0 Å². The Kier molecular flexibility index (Phi) is 8.07. The maximum absolute atomic E-state index is 5.58. The largest absolute Gasteiger partial charge is 0.340 e. The molecule has 2 nitrogen and oxygen atoms in total. The summed E-state index contributed by atoms with van der Waals surface area (Å²) < 4.78 is 2.69. The maximum Gasteiger partial charge on any atom is 0.134 e. The van der Waals surface area contributed by atoms with E-state index in [4.69, 9.17) is 4.99 Å². The average molecular weight is 809 g/mol. The lowest BCUT2D eigenvalue weighted by atomic mass is 9.81. The van der Waals surface area contributed by atoms with Crippen molar-refractivity contribution in [1.82, 2.24) is 5.32 Å². The molecular weight excluding hydrogens is 769 g/mol. The van der Waals surface area contributed by atoms with Crippen LogP contribution in [-0.2, 0) is 0 Å². The summed E-state index contributed by atoms with van der Waals surface area (Å²) >= 11 is 1.91. The van der Waals surface area contributed by atoms with Crippen molar-refractivity contribution in [2.45, 2.75) is 24.3 Å². The number of amidine groups is 1. The standard InChI is InChI=1S/C59H40N2S/c1-3-12-36(13-4-1)41-17-9-18-42(32-41)43-29-30-46-51-34-52(51)47-21-11-23-50(56(47)53(46)33-43)59-60-54(39-15-5-2-6-16-39)35-55(61-59)40-26-24-38(25-27-40)45-20-10-22-48-49-31-28-37-14-7-8-19-44(37)58(49)62-57(45)48/h1-33,35,51-52,55H,34H2,(H,60,61). The number of aliphatic imine (C=N–C) groups is 1. The summed E-state index contributed by atoms with van der Waals surface area (Å²) in [6.07, 6.45) is 3.49. The number of hydrogen-bond acceptors (Lipinski definition) is 3. The summed E-state index contributed by atoms with van der Waals surface area (Å²) in [5.41, 5.74) is 17.6. The highest BCUT2D eigenvalue weighted by Gasteiger charge is 2.46. The third-order valence-electron chi connectivity index (χ3n) is 13.4. The molecule has 1 aliphatic heterocycles. The predicted molar refractivity (Wildman–Crippen MR) is 262 cm³/mol. The lowest BCUT2D eigenvalue weighted by Gasteiger charge is -2.28. The first-order valence-corrected chi connectivity index (χ1v) is 22.5. The van der Waals surface area contributed by atoms with Gasteiger partial charge >= 0.3 is 0 Å². The highest BCUT2D eigenvalue weighted by Crippen LogP contribution is 2.63. The molecule has 2 aliphatic carbocycles. The minimum Gasteiger partial charge on any atom is -0.340 e. The zero-order chi connectivity index (χ0) is 40.7. The van der Waals surface area contributed by atoms with Gasteiger partial charge < -0.3 is 5.32 Å². The van der Waals surface area contributed by atoms with Gasteiger partial charge in [-0.1, -0.05) is 188 Å². The van der Waals surface area contributed by atoms with Gasteiger partial charge in [-0.05, 0) is 114 Å². The lowest BCUT2D eigenvalue weighted by molar-refractivity contribution is 0.880. The van der Waals surface area contributed by atoms with Crippen molar-refractivity contribution in [1.29, 1.82) is 0 Å². The smallest absolute Gasteiger partial charge is 0.134 e. The average Bonchev–Trinajstić information content (AvgIpc) is 4.07. The van der Waals surface area contributed by atoms with Crippen LogP contribution in [0.5, 0.6) is 0 Å². The molecule has 0 amide bonds. The zero-order valence-electron chi connectivity index (χ0n) is 33.9. The van der Waals surface area contributed by atoms with Crippen molar-refractivity contribution >= 4 is 53.8 Å². The third kappa shape index (κ3) is 5.80. The Morgan fingerprint density at radius 2 is 1.08 bits per heavy atom. The van der Waals surface area contributed by atoms with E-state index < -0.39 is 0 Å². The SMILES string of the molecule is C1=C(c2ccccc2)NC(c2cccc3c2-c2cc(-c4cccc(-c5ccccc5)c4)ccc2C2CC32)=NC1c1ccc(-c2cccc3c2sc2c4ccccc4ccc32)cc1. The van der Waals surface area contributed by atoms with Gasteiger partial charge in [0.2, 0.25) is 0 Å². The van der Waals surface area contributed by atoms with Crippen LogP contribution in [0.3, 0.4) is 0 Å². The molecule has 2 heterocycles. The summed E-state index contributed by atoms with van der Waals surface area (Å²) in [4.78, 5) is 5.58. The van der Waals surface area contributed by atoms with Gasteiger partial charge in [-0.15, -0.1) is 11.3 Å². The number of rotatable bonds is 6. The molecule has 0 bridgehead atoms. The van der Waals surface area contributed by atoms with E-state index in [0.717, 1.165) is 22.7 Å². The molecule has 3 heteroatoms. The zero-order valence-corrected chi connectivity index (χ0v) is 34.7. The van der Waals surface area contributed by atoms with Gasteiger partial charge in [-0.3, -0.25) is 4.99 Å². The van der Waals surface area contributed by atoms with Crippen LogP contribution >= 0.6 is 11.3 Å². The van der Waals surface area contributed by atoms with Gasteiger partial charge in [0.15, 0.2) is 0 Å². The number of thiophene rings is 1. The summed E-state index contributed by atoms with van der Waals surface area (Å²) in [5.74, 6) is 2.04. The molecule has 0 saturated heterocycles. The molecule has 1 N–H and O–H groups in total. The highest BCUT2D eigenvalue weighted by atomic mass is 32.1. The van der Waals surface area contributed by atoms with Crippen LogP contribution in [0.15, 0.2) is 211 Å². The third-order valence-corrected chi connectivity index (χ3v) is 14.7. The topological polar surface area (TPSA) is 24.4 Å². The number of nitrogens with one attached hydrogen (secondary N) is 1. The molecule has 3 aliphatic rings. The fraction of sp³-hybridized carbons (Fsp3) is 0.0678. The van der Waals surface area contributed by atoms with Crippen molar-refractivity contribution in [3.05, 3.63) is 234 Å². The first-order chi connectivity index (χ1) is 30.7. The van der Waals surface area contributed by atoms with Crippen molar-refractivity contribution in [2.24, 2.45) is 4.99 Å². The normalized spacial score (nSPS) is 17.5. The van der Waals surface area contributed by atoms with E-state index in [9.17, 15) is 0 Å². The van der Waals surface area contributed by atoms with Crippen LogP contribution in [0, 0.1) is 0 Å². The summed E-state index contributed by atoms with van der Waals surface area (Å²) in [6.45, 7) is 0. The fourth-order valence-corrected chi connectivity index (χ4v) is 11.7. The Balaban J connectivity index is 0.908. The molecule has 3 unspecified atom stereocenters. The number of nitrogens with zero attached hydrogens (tertiary/aromatic N) is 1. The molecule has 10 aromatic rings. The van der Waals surface area contributed by atoms with Crippen LogP contribution in [0.1, 0.15) is 52.1 Å². The van der Waals surface area contributed by atoms with Crippen molar-refractivity contribution in [3.8, 4) is 44.5 Å². The van der Waals surface area contributed by atoms with E-state index in [2.05, 4.69) is 212 Å². The Morgan fingerprint density at radius 1 is 0.435 bits per heavy atom. The summed E-state index contributed by atoms with van der Waals surface area (Å²) in [7, 11) is 0. The molecular formula is C59H40N2S. The maximum atomic E-state index is 5.58. The van der Waals surface area contributed by atoms with Crippen molar-refractivity contribution in [3.63, 3.8) is 0 Å². The van der Waals surface area contributed by atoms with Crippen molar-refractivity contribution in [2.75, 3.05) is 0 Å². The van der Waals surface area contributed by atoms with Crippen LogP contribution < -0.4 is 5.32 Å². The first kappa shape index (κ1) is 35.4. The quantitative estimate of drug-likeness (QED) is 0.178. The van der Waals surface area contributed by atoms with Gasteiger partial charge in [-0.2, -0.15) is 0 Å². The monoisotopic (exact) mass is 808 g/mol. The van der Waals surface area contributed by atoms with Crippen LogP contribution in [0.4, 0.5) is 0 Å². The molecule has 1 aromatic heterocycles. The summed E-state index contributed by atoms with van der Waals surface area (Å²) in [6, 6.07) is 73.5. The van der Waals surface area contributed by atoms with Gasteiger partial charge in [0.25, 0.3) is 0 Å². The lowest BCUT2D eigenvalue weighted by Crippen LogP contribution is -2.28. The number of hydrogen-bond donors (Lipinski definition) is 1. The molecule has 1 saturated carbocycles. The van der Waals surface area contributed by atoms with E-state index in [1.807, 2.05) is 11.3 Å². The van der Waals surface area contributed by atoms with Gasteiger partial charge in [0.1, 0.15) is 5.84 Å². The second kappa shape index (κ2) is 14.1. The highest BCUT2D eigenvalue weighted by molar-refractivity contribution is 7.27. The molecule has 1 fully saturated rings. The Labute approximate surface area is 365 Å². The number of fused-ring (bicyclic) bond motifs is 11. The molecule has 0 radical (unpaired) electrons. The van der Waals surface area contributed by atoms with E-state index in [-0.39, 0.29) is 6.04 Å². The molecule has 3 atom stereocenters. The van der Waals surface area contributed by atoms with Crippen LogP contribution in [0.25, 0.3) is 81.1 Å². The van der Waals surface area contributed by atoms with Crippen LogP contribution in [-0.4, -0.2) is 5.84 Å². The predicted octanol–water partition coefficient (Wildman–Crippen LogP) is 15.6. The van der Waals surface area contributed by atoms with E-state index in [0.29, 0.717) is 11.8 Å². The van der Waals surface area contributed by atoms with Gasteiger partial charge in [0, 0.05) is 31.4 Å². The van der Waals surface area contributed by atoms with E-state index in [1.54, 1.807) is 0 Å². The molecule has 0 spiro atoms. The molecule has 62 heavy (non-hydrogen) atoms. The first-order valence-electron chi connectivity index (χ1n) is 21.7. The number of benzene rings is 9. The van der Waals surface area contributed by atoms with Gasteiger partial charge in [0.05, 0.1) is 6.04 Å². The minimum absolute atomic E-state index is 0.165. The Bertz CT molecular complexity index is 3470. The Morgan fingerprint density at radius 3 is 1.94 bits per heavy atom. The molecule has 13 rings (SSSR count). The van der Waals surface area contributed by atoms with Gasteiger partial charge in [-0.25, -0.2) is 0 Å². The van der Waals surface area contributed by atoms with Crippen molar-refractivity contribution < 1.29 is 0 Å². The fourth-order valence-electron chi connectivity index (χ4n) is 10.3. The second-order valence-corrected chi connectivity index (χ2v) is 18.1. The Hall–Kier alpha value is -7.33. The minimum atomic E-state index is -0.165. The molecule has 9 aromatic carbocycles. The van der Waals surface area contributed by atoms with E-state index in [1.165, 1.54) is 98.6 Å². The summed E-state index contributed by atoms with van der Waals surface area (Å²) in [5, 5.41) is 9.12.